The van der Waals surface area contributed by atoms with E-state index in [1.165, 1.54) is 29.2 Å². The highest BCUT2D eigenvalue weighted by molar-refractivity contribution is 5.89. The van der Waals surface area contributed by atoms with Crippen LogP contribution >= 0.6 is 0 Å². The van der Waals surface area contributed by atoms with Crippen LogP contribution in [0, 0.1) is 16.0 Å². The molecule has 2 unspecified atom stereocenters. The third-order valence-electron chi connectivity index (χ3n) is 4.87. The number of rotatable bonds is 6. The Kier molecular flexibility index (Phi) is 5.88. The third kappa shape index (κ3) is 4.64. The maximum atomic E-state index is 12.4. The molecule has 0 saturated carbocycles. The molecule has 1 N–H and O–H groups in total. The van der Waals surface area contributed by atoms with Gasteiger partial charge in [-0.25, -0.2) is 9.59 Å². The van der Waals surface area contributed by atoms with E-state index in [4.69, 9.17) is 4.74 Å². The summed E-state index contributed by atoms with van der Waals surface area (Å²) in [6.45, 7) is 0.424. The maximum absolute atomic E-state index is 12.4. The number of non-ortho nitro benzene ring substituents is 1. The highest BCUT2D eigenvalue weighted by atomic mass is 16.6. The number of nitro groups is 1. The molecule has 0 aromatic heterocycles. The maximum Gasteiger partial charge on any atom is 0.407 e. The topological polar surface area (TPSA) is 110 Å². The van der Waals surface area contributed by atoms with Gasteiger partial charge in [0.2, 0.25) is 0 Å². The molecule has 28 heavy (non-hydrogen) atoms. The Hall–Kier alpha value is -3.42. The minimum atomic E-state index is -1.04. The zero-order chi connectivity index (χ0) is 20.1. The second kappa shape index (κ2) is 8.51. The lowest BCUT2D eigenvalue weighted by molar-refractivity contribution is -0.384. The Morgan fingerprint density at radius 1 is 1.11 bits per heavy atom. The van der Waals surface area contributed by atoms with Gasteiger partial charge in [-0.15, -0.1) is 0 Å². The average Bonchev–Trinajstić information content (AvgIpc) is 3.10. The van der Waals surface area contributed by atoms with Crippen LogP contribution < -0.4 is 0 Å². The fourth-order valence-corrected chi connectivity index (χ4v) is 3.33. The quantitative estimate of drug-likeness (QED) is 0.464. The Morgan fingerprint density at radius 2 is 1.79 bits per heavy atom. The van der Waals surface area contributed by atoms with Crippen molar-refractivity contribution in [2.24, 2.45) is 5.92 Å². The first-order valence-corrected chi connectivity index (χ1v) is 8.91. The number of nitro benzene ring substituents is 1. The zero-order valence-corrected chi connectivity index (χ0v) is 15.1. The van der Waals surface area contributed by atoms with E-state index in [0.717, 1.165) is 12.0 Å². The number of hydrogen-bond acceptors (Lipinski definition) is 5. The summed E-state index contributed by atoms with van der Waals surface area (Å²) in [7, 11) is 0. The highest BCUT2D eigenvalue weighted by Crippen LogP contribution is 2.26. The number of aryl methyl sites for hydroxylation is 1. The van der Waals surface area contributed by atoms with E-state index in [2.05, 4.69) is 0 Å². The number of nitrogens with zero attached hydrogens (tertiary/aromatic N) is 2. The number of ether oxygens (including phenoxy) is 1. The molecule has 2 aromatic rings. The van der Waals surface area contributed by atoms with Crippen LogP contribution in [0.4, 0.5) is 10.5 Å². The van der Waals surface area contributed by atoms with E-state index < -0.39 is 23.1 Å². The Morgan fingerprint density at radius 3 is 2.39 bits per heavy atom. The predicted molar refractivity (Wildman–Crippen MR) is 100 cm³/mol. The summed E-state index contributed by atoms with van der Waals surface area (Å²) in [4.78, 5) is 35.2. The lowest BCUT2D eigenvalue weighted by atomic mass is 9.96. The first kappa shape index (κ1) is 19.3. The Bertz CT molecular complexity index is 853. The molecule has 0 bridgehead atoms. The van der Waals surface area contributed by atoms with Gasteiger partial charge in [0.05, 0.1) is 17.0 Å². The molecule has 2 atom stereocenters. The molecule has 1 aliphatic rings. The van der Waals surface area contributed by atoms with Crippen LogP contribution in [0.1, 0.15) is 22.3 Å². The van der Waals surface area contributed by atoms with Gasteiger partial charge < -0.3 is 14.7 Å². The predicted octanol–water partition coefficient (Wildman–Crippen LogP) is 3.36. The Labute approximate surface area is 161 Å². The van der Waals surface area contributed by atoms with Crippen molar-refractivity contribution in [3.63, 3.8) is 0 Å². The molecule has 1 heterocycles. The summed E-state index contributed by atoms with van der Waals surface area (Å²) in [5, 5.41) is 20.0. The van der Waals surface area contributed by atoms with E-state index in [0.29, 0.717) is 13.0 Å². The molecule has 0 spiro atoms. The number of carboxylic acid groups (broad SMARTS) is 1. The van der Waals surface area contributed by atoms with Crippen LogP contribution in [-0.4, -0.2) is 46.2 Å². The lowest BCUT2D eigenvalue weighted by Crippen LogP contribution is -2.29. The van der Waals surface area contributed by atoms with E-state index in [9.17, 15) is 24.8 Å². The zero-order valence-electron chi connectivity index (χ0n) is 15.1. The molecule has 2 aromatic carbocycles. The molecule has 1 amide bonds. The number of hydrogen-bond donors (Lipinski definition) is 1. The van der Waals surface area contributed by atoms with Gasteiger partial charge in [0, 0.05) is 24.6 Å². The highest BCUT2D eigenvalue weighted by Gasteiger charge is 2.37. The first-order valence-electron chi connectivity index (χ1n) is 8.91. The van der Waals surface area contributed by atoms with E-state index in [-0.39, 0.29) is 23.7 Å². The van der Waals surface area contributed by atoms with Gasteiger partial charge in [-0.2, -0.15) is 0 Å². The van der Waals surface area contributed by atoms with Crippen LogP contribution in [-0.2, 0) is 11.2 Å². The van der Waals surface area contributed by atoms with Gasteiger partial charge in [-0.05, 0) is 30.5 Å². The van der Waals surface area contributed by atoms with Crippen molar-refractivity contribution in [3.8, 4) is 0 Å². The van der Waals surface area contributed by atoms with E-state index in [1.807, 2.05) is 30.3 Å². The molecule has 8 heteroatoms. The van der Waals surface area contributed by atoms with Gasteiger partial charge >= 0.3 is 12.1 Å². The SMILES string of the molecule is O=C(OC1CN(C(=O)O)CC1CCc1ccccc1)c1ccc([N+](=O)[O-])cc1. The second-order valence-corrected chi connectivity index (χ2v) is 6.72. The molecular weight excluding hydrogens is 364 g/mol. The van der Waals surface area contributed by atoms with Crippen molar-refractivity contribution in [1.82, 2.24) is 4.90 Å². The molecule has 1 aliphatic heterocycles. The van der Waals surface area contributed by atoms with Crippen molar-refractivity contribution in [2.45, 2.75) is 18.9 Å². The van der Waals surface area contributed by atoms with Crippen LogP contribution in [0.3, 0.4) is 0 Å². The van der Waals surface area contributed by atoms with Gasteiger partial charge in [-0.3, -0.25) is 10.1 Å². The monoisotopic (exact) mass is 384 g/mol. The number of carbonyl (C=O) groups excluding carboxylic acids is 1. The van der Waals surface area contributed by atoms with Gasteiger partial charge in [0.15, 0.2) is 0 Å². The summed E-state index contributed by atoms with van der Waals surface area (Å²) < 4.78 is 5.57. The molecule has 0 aliphatic carbocycles. The molecule has 0 radical (unpaired) electrons. The lowest BCUT2D eigenvalue weighted by Gasteiger charge is -2.18. The van der Waals surface area contributed by atoms with Gasteiger partial charge in [-0.1, -0.05) is 30.3 Å². The van der Waals surface area contributed by atoms with Crippen LogP contribution in [0.15, 0.2) is 54.6 Å². The molecule has 8 nitrogen and oxygen atoms in total. The minimum Gasteiger partial charge on any atom is -0.465 e. The standard InChI is InChI=1S/C20H20N2O6/c23-19(15-8-10-17(11-9-15)22(26)27)28-18-13-21(20(24)25)12-16(18)7-6-14-4-2-1-3-5-14/h1-5,8-11,16,18H,6-7,12-13H2,(H,24,25). The number of benzene rings is 2. The molecule has 146 valence electrons. The fraction of sp³-hybridized carbons (Fsp3) is 0.300. The molecule has 1 fully saturated rings. The normalized spacial score (nSPS) is 18.6. The molecule has 3 rings (SSSR count). The summed E-state index contributed by atoms with van der Waals surface area (Å²) in [5.41, 5.74) is 1.22. The molecule has 1 saturated heterocycles. The second-order valence-electron chi connectivity index (χ2n) is 6.72. The molecular formula is C20H20N2O6. The third-order valence-corrected chi connectivity index (χ3v) is 4.87. The summed E-state index contributed by atoms with van der Waals surface area (Å²) in [5.74, 6) is -0.727. The number of esters is 1. The largest absolute Gasteiger partial charge is 0.465 e. The average molecular weight is 384 g/mol. The summed E-state index contributed by atoms with van der Waals surface area (Å²) in [6, 6.07) is 15.0. The van der Waals surface area contributed by atoms with Crippen molar-refractivity contribution in [3.05, 3.63) is 75.8 Å². The summed E-state index contributed by atoms with van der Waals surface area (Å²) >= 11 is 0. The van der Waals surface area contributed by atoms with E-state index in [1.54, 1.807) is 0 Å². The summed E-state index contributed by atoms with van der Waals surface area (Å²) in [6.07, 6.45) is -0.155. The van der Waals surface area contributed by atoms with Crippen LogP contribution in [0.25, 0.3) is 0 Å². The number of carbonyl (C=O) groups is 2. The van der Waals surface area contributed by atoms with E-state index >= 15 is 0 Å². The van der Waals surface area contributed by atoms with Crippen molar-refractivity contribution in [1.29, 1.82) is 0 Å². The van der Waals surface area contributed by atoms with Crippen LogP contribution in [0.5, 0.6) is 0 Å². The number of likely N-dealkylation sites (tertiary alicyclic amines) is 1. The van der Waals surface area contributed by atoms with Crippen molar-refractivity contribution in [2.75, 3.05) is 13.1 Å². The van der Waals surface area contributed by atoms with Gasteiger partial charge in [0.1, 0.15) is 6.10 Å². The smallest absolute Gasteiger partial charge is 0.407 e. The first-order chi connectivity index (χ1) is 13.4. The number of amides is 1. The van der Waals surface area contributed by atoms with Crippen molar-refractivity contribution < 1.29 is 24.4 Å². The minimum absolute atomic E-state index is 0.113. The fourth-order valence-electron chi connectivity index (χ4n) is 3.33. The van der Waals surface area contributed by atoms with Crippen molar-refractivity contribution >= 4 is 17.7 Å². The Balaban J connectivity index is 1.66. The van der Waals surface area contributed by atoms with Gasteiger partial charge in [0.25, 0.3) is 5.69 Å². The van der Waals surface area contributed by atoms with Crippen LogP contribution in [0.2, 0.25) is 0 Å².